The van der Waals surface area contributed by atoms with Crippen LogP contribution in [0.25, 0.3) is 16.9 Å². The predicted octanol–water partition coefficient (Wildman–Crippen LogP) is 1.72. The monoisotopic (exact) mass is 496 g/mol. The third-order valence-corrected chi connectivity index (χ3v) is 6.57. The van der Waals surface area contributed by atoms with Crippen molar-refractivity contribution in [1.82, 2.24) is 29.5 Å². The van der Waals surface area contributed by atoms with Crippen LogP contribution in [0.3, 0.4) is 0 Å². The number of benzene rings is 1. The van der Waals surface area contributed by atoms with Crippen molar-refractivity contribution in [3.05, 3.63) is 71.1 Å². The molecule has 1 aliphatic heterocycles. The van der Waals surface area contributed by atoms with Gasteiger partial charge in [0.1, 0.15) is 12.1 Å². The highest BCUT2D eigenvalue weighted by Gasteiger charge is 2.52. The lowest BCUT2D eigenvalue weighted by Crippen LogP contribution is -2.53. The first-order valence-electron chi connectivity index (χ1n) is 10.9. The van der Waals surface area contributed by atoms with Gasteiger partial charge in [-0.25, -0.2) is 19.5 Å². The number of nitrogens with zero attached hydrogens (tertiary/aromatic N) is 6. The molecule has 36 heavy (non-hydrogen) atoms. The Balaban J connectivity index is 1.64. The Hall–Kier alpha value is -4.07. The first-order chi connectivity index (χ1) is 17.1. The summed E-state index contributed by atoms with van der Waals surface area (Å²) >= 11 is 0. The Bertz CT molecular complexity index is 1540. The largest absolute Gasteiger partial charge is 0.434 e. The van der Waals surface area contributed by atoms with Crippen LogP contribution in [0.15, 0.2) is 43.0 Å². The Morgan fingerprint density at radius 3 is 2.69 bits per heavy atom. The van der Waals surface area contributed by atoms with Crippen molar-refractivity contribution in [3.63, 3.8) is 0 Å². The zero-order valence-electron chi connectivity index (χ0n) is 18.6. The highest BCUT2D eigenvalue weighted by atomic mass is 19.3. The Kier molecular flexibility index (Phi) is 4.80. The molecule has 1 aromatic carbocycles. The molecule has 2 unspecified atom stereocenters. The van der Waals surface area contributed by atoms with Gasteiger partial charge in [-0.05, 0) is 31.5 Å². The van der Waals surface area contributed by atoms with Crippen molar-refractivity contribution in [3.8, 4) is 17.0 Å². The van der Waals surface area contributed by atoms with Crippen molar-refractivity contribution in [2.24, 2.45) is 0 Å². The highest BCUT2D eigenvalue weighted by Crippen LogP contribution is 2.54. The van der Waals surface area contributed by atoms with Crippen LogP contribution in [-0.4, -0.2) is 63.4 Å². The molecule has 1 amide bonds. The summed E-state index contributed by atoms with van der Waals surface area (Å²) in [6, 6.07) is 4.60. The van der Waals surface area contributed by atoms with E-state index in [1.54, 1.807) is 25.4 Å². The molecule has 13 heteroatoms. The summed E-state index contributed by atoms with van der Waals surface area (Å²) in [4.78, 5) is 26.8. The van der Waals surface area contributed by atoms with Gasteiger partial charge in [0.15, 0.2) is 5.65 Å². The summed E-state index contributed by atoms with van der Waals surface area (Å²) in [6.45, 7) is -1.36. The number of ether oxygens (including phenoxy) is 1. The van der Waals surface area contributed by atoms with E-state index >= 15 is 0 Å². The molecule has 2 bridgehead atoms. The zero-order valence-corrected chi connectivity index (χ0v) is 18.6. The lowest BCUT2D eigenvalue weighted by molar-refractivity contribution is -0.385. The second-order valence-electron chi connectivity index (χ2n) is 8.58. The van der Waals surface area contributed by atoms with Crippen molar-refractivity contribution in [2.45, 2.75) is 38.0 Å². The van der Waals surface area contributed by atoms with Gasteiger partial charge < -0.3 is 20.1 Å². The number of aryl methyl sites for hydroxylation is 1. The van der Waals surface area contributed by atoms with Gasteiger partial charge in [0, 0.05) is 40.6 Å². The number of aromatic nitrogens is 5. The Morgan fingerprint density at radius 1 is 1.17 bits per heavy atom. The molecule has 0 spiro atoms. The molecule has 2 aliphatic rings. The smallest absolute Gasteiger partial charge is 0.387 e. The van der Waals surface area contributed by atoms with Crippen LogP contribution in [0, 0.1) is 6.92 Å². The third kappa shape index (κ3) is 3.24. The second-order valence-corrected chi connectivity index (χ2v) is 8.58. The molecular weight excluding hydrogens is 478 g/mol. The van der Waals surface area contributed by atoms with Crippen molar-refractivity contribution in [1.29, 1.82) is 0 Å². The van der Waals surface area contributed by atoms with E-state index in [1.165, 1.54) is 29.0 Å². The van der Waals surface area contributed by atoms with E-state index in [0.717, 1.165) is 0 Å². The number of carbonyl (C=O) groups is 1. The van der Waals surface area contributed by atoms with E-state index in [9.17, 15) is 28.9 Å². The molecule has 11 nitrogen and oxygen atoms in total. The number of hydrogen-bond donors (Lipinski definition) is 3. The molecular formula is C23H18F2N6O5. The summed E-state index contributed by atoms with van der Waals surface area (Å²) in [5.74, 6) is -1.94. The van der Waals surface area contributed by atoms with E-state index in [4.69, 9.17) is 9.72 Å². The summed E-state index contributed by atoms with van der Waals surface area (Å²) in [7, 11) is 0. The van der Waals surface area contributed by atoms with Gasteiger partial charge in [0.2, 0.25) is 0 Å². The number of carbonyl (C=O) groups excluding carboxylic acids is 1. The summed E-state index contributed by atoms with van der Waals surface area (Å²) in [5, 5.41) is 34.9. The number of aliphatic hydroxyl groups is 3. The quantitative estimate of drug-likeness (QED) is 0.359. The standard InChI is InChI=1S/C23H18F2N6O5/c1-10-13(8-26-9-27-10)14-5-6-30-20(28-14)18-12-7-15(19(18)29-30)31(23(33,34)35)21(32)11-3-2-4-16(17(11)12)36-22(24)25/h2-6,8-9,12,15,22,33-35H,7H2,1H3. The van der Waals surface area contributed by atoms with Gasteiger partial charge in [-0.2, -0.15) is 13.9 Å². The van der Waals surface area contributed by atoms with E-state index in [0.29, 0.717) is 33.1 Å². The van der Waals surface area contributed by atoms with Gasteiger partial charge in [-0.1, -0.05) is 6.07 Å². The maximum Gasteiger partial charge on any atom is 0.387 e. The lowest BCUT2D eigenvalue weighted by atomic mass is 9.89. The van der Waals surface area contributed by atoms with Crippen LogP contribution < -0.4 is 4.74 Å². The van der Waals surface area contributed by atoms with Gasteiger partial charge in [-0.3, -0.25) is 9.69 Å². The molecule has 3 aromatic heterocycles. The Morgan fingerprint density at radius 2 is 1.97 bits per heavy atom. The first kappa shape index (κ1) is 22.4. The number of halogens is 2. The maximum absolute atomic E-state index is 13.4. The van der Waals surface area contributed by atoms with Gasteiger partial charge >= 0.3 is 12.7 Å². The average Bonchev–Trinajstić information content (AvgIpc) is 3.31. The second kappa shape index (κ2) is 7.71. The van der Waals surface area contributed by atoms with Crippen LogP contribution in [0.1, 0.15) is 51.3 Å². The zero-order chi connectivity index (χ0) is 25.4. The fourth-order valence-corrected chi connectivity index (χ4v) is 5.18. The fourth-order valence-electron chi connectivity index (χ4n) is 5.18. The lowest BCUT2D eigenvalue weighted by Gasteiger charge is -2.34. The number of hydrogen-bond acceptors (Lipinski definition) is 9. The predicted molar refractivity (Wildman–Crippen MR) is 117 cm³/mol. The van der Waals surface area contributed by atoms with Gasteiger partial charge in [0.05, 0.1) is 23.1 Å². The highest BCUT2D eigenvalue weighted by molar-refractivity contribution is 5.98. The normalized spacial score (nSPS) is 19.0. The van der Waals surface area contributed by atoms with Crippen LogP contribution in [0.2, 0.25) is 0 Å². The summed E-state index contributed by atoms with van der Waals surface area (Å²) in [5.41, 5.74) is 3.01. The van der Waals surface area contributed by atoms with Gasteiger partial charge in [-0.15, -0.1) is 0 Å². The SMILES string of the molecule is Cc1ncncc1-c1ccn2nc3c(c2n1)C1CC3N(C(O)(O)O)C(=O)c2cccc(OC(F)F)c21. The van der Waals surface area contributed by atoms with Crippen molar-refractivity contribution < 1.29 is 33.6 Å². The molecule has 0 saturated carbocycles. The van der Waals surface area contributed by atoms with Crippen LogP contribution in [-0.2, 0) is 0 Å². The minimum Gasteiger partial charge on any atom is -0.434 e. The van der Waals surface area contributed by atoms with Crippen LogP contribution in [0.5, 0.6) is 5.75 Å². The number of alkyl halides is 2. The minimum absolute atomic E-state index is 0.0271. The molecule has 4 heterocycles. The van der Waals surface area contributed by atoms with E-state index in [1.807, 2.05) is 0 Å². The van der Waals surface area contributed by atoms with Crippen molar-refractivity contribution in [2.75, 3.05) is 0 Å². The van der Waals surface area contributed by atoms with Crippen LogP contribution in [0.4, 0.5) is 8.78 Å². The van der Waals surface area contributed by atoms with Crippen molar-refractivity contribution >= 4 is 11.6 Å². The molecule has 3 N–H and O–H groups in total. The molecule has 2 atom stereocenters. The van der Waals surface area contributed by atoms with Crippen LogP contribution >= 0.6 is 0 Å². The molecule has 0 saturated heterocycles. The topological polar surface area (TPSA) is 146 Å². The maximum atomic E-state index is 13.4. The number of fused-ring (bicyclic) bond motifs is 9. The van der Waals surface area contributed by atoms with E-state index in [-0.39, 0.29) is 29.0 Å². The molecule has 4 aromatic rings. The summed E-state index contributed by atoms with van der Waals surface area (Å²) in [6.07, 6.45) is 1.15. The third-order valence-electron chi connectivity index (χ3n) is 6.57. The molecule has 1 aliphatic carbocycles. The molecule has 0 radical (unpaired) electrons. The van der Waals surface area contributed by atoms with E-state index < -0.39 is 30.6 Å². The minimum atomic E-state index is -3.54. The number of amides is 1. The fraction of sp³-hybridized carbons (Fsp3) is 0.261. The number of rotatable bonds is 4. The van der Waals surface area contributed by atoms with Gasteiger partial charge in [0.25, 0.3) is 5.91 Å². The molecule has 184 valence electrons. The molecule has 6 rings (SSSR count). The first-order valence-corrected chi connectivity index (χ1v) is 10.9. The average molecular weight is 496 g/mol. The Labute approximate surface area is 201 Å². The molecule has 0 fully saturated rings. The van der Waals surface area contributed by atoms with E-state index in [2.05, 4.69) is 15.1 Å². The summed E-state index contributed by atoms with van der Waals surface area (Å²) < 4.78 is 32.8.